The lowest BCUT2D eigenvalue weighted by atomic mass is 10.1. The first-order chi connectivity index (χ1) is 9.79. The molecule has 2 rings (SSSR count). The van der Waals surface area contributed by atoms with E-state index in [0.29, 0.717) is 5.69 Å². The van der Waals surface area contributed by atoms with Gasteiger partial charge in [0.25, 0.3) is 0 Å². The molecule has 2 aromatic rings. The molecule has 1 aromatic heterocycles. The summed E-state index contributed by atoms with van der Waals surface area (Å²) in [5.41, 5.74) is -0.880. The van der Waals surface area contributed by atoms with Crippen molar-refractivity contribution in [2.75, 3.05) is 5.32 Å². The van der Waals surface area contributed by atoms with Crippen molar-refractivity contribution in [3.63, 3.8) is 0 Å². The molecule has 1 atom stereocenters. The molecule has 0 fully saturated rings. The Bertz CT molecular complexity index is 624. The normalized spacial score (nSPS) is 13.0. The Morgan fingerprint density at radius 2 is 1.90 bits per heavy atom. The van der Waals surface area contributed by atoms with E-state index < -0.39 is 23.2 Å². The number of aromatic nitrogens is 1. The molecule has 0 aliphatic carbocycles. The van der Waals surface area contributed by atoms with E-state index >= 15 is 0 Å². The topological polar surface area (TPSA) is 24.9 Å². The zero-order valence-corrected chi connectivity index (χ0v) is 11.6. The fourth-order valence-electron chi connectivity index (χ4n) is 1.75. The van der Waals surface area contributed by atoms with Gasteiger partial charge in [0.2, 0.25) is 0 Å². The third kappa shape index (κ3) is 3.64. The third-order valence-corrected chi connectivity index (χ3v) is 3.01. The number of alkyl halides is 4. The van der Waals surface area contributed by atoms with Crippen LogP contribution in [0.25, 0.3) is 0 Å². The van der Waals surface area contributed by atoms with Gasteiger partial charge in [-0.25, -0.2) is 4.39 Å². The Kier molecular flexibility index (Phi) is 4.37. The number of hydrogen-bond acceptors (Lipinski definition) is 2. The lowest BCUT2D eigenvalue weighted by Crippen LogP contribution is -2.10. The van der Waals surface area contributed by atoms with E-state index in [-0.39, 0.29) is 11.1 Å². The monoisotopic (exact) mass is 318 g/mol. The van der Waals surface area contributed by atoms with Crippen LogP contribution in [0, 0.1) is 5.82 Å². The second kappa shape index (κ2) is 5.89. The minimum absolute atomic E-state index is 0.242. The standard InChI is InChI=1S/C14H11ClF4N2/c1-8(15)12-6-5-9(7-20-12)21-13-10(14(17,18)19)3-2-4-11(13)16/h2-8,21H,1H3. The highest BCUT2D eigenvalue weighted by Gasteiger charge is 2.34. The number of halogens is 5. The maximum atomic E-state index is 13.7. The van der Waals surface area contributed by atoms with Gasteiger partial charge in [0.05, 0.1) is 34.2 Å². The molecule has 0 bridgehead atoms. The predicted molar refractivity (Wildman–Crippen MR) is 73.2 cm³/mol. The minimum atomic E-state index is -4.65. The van der Waals surface area contributed by atoms with Crippen LogP contribution in [0.2, 0.25) is 0 Å². The summed E-state index contributed by atoms with van der Waals surface area (Å²) in [6, 6.07) is 5.84. The molecule has 0 aliphatic rings. The van der Waals surface area contributed by atoms with Crippen LogP contribution in [0.15, 0.2) is 36.5 Å². The summed E-state index contributed by atoms with van der Waals surface area (Å²) in [6.07, 6.45) is -3.34. The van der Waals surface area contributed by atoms with Gasteiger partial charge < -0.3 is 5.32 Å². The van der Waals surface area contributed by atoms with Crippen molar-refractivity contribution in [3.05, 3.63) is 53.6 Å². The fourth-order valence-corrected chi connectivity index (χ4v) is 1.88. The SMILES string of the molecule is CC(Cl)c1ccc(Nc2c(F)cccc2C(F)(F)F)cn1. The molecule has 1 N–H and O–H groups in total. The van der Waals surface area contributed by atoms with Gasteiger partial charge in [0.1, 0.15) is 5.82 Å². The maximum Gasteiger partial charge on any atom is 0.418 e. The molecule has 1 heterocycles. The van der Waals surface area contributed by atoms with Crippen LogP contribution in [-0.4, -0.2) is 4.98 Å². The van der Waals surface area contributed by atoms with Gasteiger partial charge in [-0.05, 0) is 31.2 Å². The van der Waals surface area contributed by atoms with E-state index in [2.05, 4.69) is 10.3 Å². The van der Waals surface area contributed by atoms with Gasteiger partial charge >= 0.3 is 6.18 Å². The number of para-hydroxylation sites is 1. The first-order valence-corrected chi connectivity index (χ1v) is 6.45. The number of benzene rings is 1. The molecule has 0 aliphatic heterocycles. The smallest absolute Gasteiger partial charge is 0.351 e. The van der Waals surface area contributed by atoms with E-state index in [1.54, 1.807) is 13.0 Å². The number of nitrogens with one attached hydrogen (secondary N) is 1. The quantitative estimate of drug-likeness (QED) is 0.615. The average Bonchev–Trinajstić information content (AvgIpc) is 2.40. The molecule has 1 unspecified atom stereocenters. The summed E-state index contributed by atoms with van der Waals surface area (Å²) in [7, 11) is 0. The average molecular weight is 319 g/mol. The van der Waals surface area contributed by atoms with Gasteiger partial charge in [-0.1, -0.05) is 6.07 Å². The third-order valence-electron chi connectivity index (χ3n) is 2.78. The Labute approximate surface area is 123 Å². The van der Waals surface area contributed by atoms with Crippen LogP contribution in [0.3, 0.4) is 0 Å². The van der Waals surface area contributed by atoms with Crippen LogP contribution in [-0.2, 0) is 6.18 Å². The predicted octanol–water partition coefficient (Wildman–Crippen LogP) is 5.28. The summed E-state index contributed by atoms with van der Waals surface area (Å²) in [6.45, 7) is 1.72. The molecule has 0 radical (unpaired) electrons. The van der Waals surface area contributed by atoms with E-state index in [9.17, 15) is 17.6 Å². The van der Waals surface area contributed by atoms with Crippen molar-refractivity contribution in [3.8, 4) is 0 Å². The van der Waals surface area contributed by atoms with Crippen molar-refractivity contribution in [1.29, 1.82) is 0 Å². The Hall–Kier alpha value is -1.82. The molecule has 21 heavy (non-hydrogen) atoms. The zero-order chi connectivity index (χ0) is 15.6. The first-order valence-electron chi connectivity index (χ1n) is 6.02. The van der Waals surface area contributed by atoms with Crippen molar-refractivity contribution in [2.24, 2.45) is 0 Å². The van der Waals surface area contributed by atoms with Crippen molar-refractivity contribution >= 4 is 23.0 Å². The van der Waals surface area contributed by atoms with Crippen LogP contribution >= 0.6 is 11.6 Å². The number of nitrogens with zero attached hydrogens (tertiary/aromatic N) is 1. The van der Waals surface area contributed by atoms with E-state index in [0.717, 1.165) is 18.2 Å². The number of anilines is 2. The number of pyridine rings is 1. The van der Waals surface area contributed by atoms with E-state index in [1.165, 1.54) is 12.3 Å². The van der Waals surface area contributed by atoms with Gasteiger partial charge in [0, 0.05) is 0 Å². The van der Waals surface area contributed by atoms with Crippen LogP contribution in [0.5, 0.6) is 0 Å². The summed E-state index contributed by atoms with van der Waals surface area (Å²) < 4.78 is 52.3. The summed E-state index contributed by atoms with van der Waals surface area (Å²) >= 11 is 5.83. The largest absolute Gasteiger partial charge is 0.418 e. The lowest BCUT2D eigenvalue weighted by molar-refractivity contribution is -0.137. The van der Waals surface area contributed by atoms with Crippen LogP contribution < -0.4 is 5.32 Å². The highest BCUT2D eigenvalue weighted by atomic mass is 35.5. The van der Waals surface area contributed by atoms with Crippen molar-refractivity contribution < 1.29 is 17.6 Å². The molecule has 0 spiro atoms. The molecule has 7 heteroatoms. The van der Waals surface area contributed by atoms with Gasteiger partial charge in [-0.2, -0.15) is 13.2 Å². The Balaban J connectivity index is 2.35. The lowest BCUT2D eigenvalue weighted by Gasteiger charge is -2.15. The molecule has 2 nitrogen and oxygen atoms in total. The molecular weight excluding hydrogens is 308 g/mol. The van der Waals surface area contributed by atoms with Crippen LogP contribution in [0.4, 0.5) is 28.9 Å². The molecule has 0 amide bonds. The second-order valence-electron chi connectivity index (χ2n) is 4.37. The minimum Gasteiger partial charge on any atom is -0.351 e. The van der Waals surface area contributed by atoms with Crippen molar-refractivity contribution in [1.82, 2.24) is 4.98 Å². The van der Waals surface area contributed by atoms with Gasteiger partial charge in [-0.15, -0.1) is 11.6 Å². The molecular formula is C14H11ClF4N2. The second-order valence-corrected chi connectivity index (χ2v) is 5.03. The molecule has 0 saturated heterocycles. The summed E-state index contributed by atoms with van der Waals surface area (Å²) in [4.78, 5) is 4.00. The summed E-state index contributed by atoms with van der Waals surface area (Å²) in [5, 5.41) is 2.09. The van der Waals surface area contributed by atoms with Crippen LogP contribution in [0.1, 0.15) is 23.6 Å². The zero-order valence-electron chi connectivity index (χ0n) is 10.9. The van der Waals surface area contributed by atoms with Gasteiger partial charge in [0.15, 0.2) is 0 Å². The van der Waals surface area contributed by atoms with E-state index in [4.69, 9.17) is 11.6 Å². The van der Waals surface area contributed by atoms with E-state index in [1.807, 2.05) is 0 Å². The maximum absolute atomic E-state index is 13.7. The highest BCUT2D eigenvalue weighted by Crippen LogP contribution is 2.37. The fraction of sp³-hybridized carbons (Fsp3) is 0.214. The first kappa shape index (κ1) is 15.6. The summed E-state index contributed by atoms with van der Waals surface area (Å²) in [5.74, 6) is -0.986. The Morgan fingerprint density at radius 1 is 1.19 bits per heavy atom. The molecule has 0 saturated carbocycles. The number of rotatable bonds is 3. The van der Waals surface area contributed by atoms with Gasteiger partial charge in [-0.3, -0.25) is 4.98 Å². The number of hydrogen-bond donors (Lipinski definition) is 1. The van der Waals surface area contributed by atoms with Crippen molar-refractivity contribution in [2.45, 2.75) is 18.5 Å². The Morgan fingerprint density at radius 3 is 2.43 bits per heavy atom. The molecule has 1 aromatic carbocycles. The molecule has 112 valence electrons. The highest BCUT2D eigenvalue weighted by molar-refractivity contribution is 6.20.